The zero-order valence-electron chi connectivity index (χ0n) is 13.8. The molecule has 1 amide bonds. The molecular formula is C16H23ClN4O3S. The van der Waals surface area contributed by atoms with Crippen LogP contribution in [0.2, 0.25) is 0 Å². The number of carbonyl (C=O) groups is 1. The van der Waals surface area contributed by atoms with E-state index in [1.807, 2.05) is 0 Å². The number of hydrogen-bond donors (Lipinski definition) is 3. The van der Waals surface area contributed by atoms with Gasteiger partial charge in [-0.15, -0.1) is 12.4 Å². The van der Waals surface area contributed by atoms with Gasteiger partial charge in [0.1, 0.15) is 5.84 Å². The molecule has 0 saturated carbocycles. The molecule has 1 fully saturated rings. The molecule has 2 heterocycles. The van der Waals surface area contributed by atoms with Gasteiger partial charge in [0.2, 0.25) is 5.91 Å². The van der Waals surface area contributed by atoms with Crippen LogP contribution in [0.15, 0.2) is 34.2 Å². The maximum atomic E-state index is 12.0. The Morgan fingerprint density at radius 2 is 1.96 bits per heavy atom. The molecule has 0 aromatic heterocycles. The van der Waals surface area contributed by atoms with Crippen LogP contribution in [0.3, 0.4) is 0 Å². The average molecular weight is 387 g/mol. The highest BCUT2D eigenvalue weighted by Gasteiger charge is 2.29. The van der Waals surface area contributed by atoms with E-state index >= 15 is 0 Å². The summed E-state index contributed by atoms with van der Waals surface area (Å²) >= 11 is 0. The molecular weight excluding hydrogens is 364 g/mol. The lowest BCUT2D eigenvalue weighted by molar-refractivity contribution is -0.122. The van der Waals surface area contributed by atoms with Crippen molar-refractivity contribution in [3.63, 3.8) is 0 Å². The van der Waals surface area contributed by atoms with Crippen molar-refractivity contribution < 1.29 is 13.2 Å². The second-order valence-corrected chi connectivity index (χ2v) is 7.68. The minimum Gasteiger partial charge on any atom is -0.353 e. The number of aliphatic imine (C=N–C) groups is 1. The Labute approximate surface area is 154 Å². The lowest BCUT2D eigenvalue weighted by Crippen LogP contribution is -2.42. The van der Waals surface area contributed by atoms with Crippen molar-refractivity contribution in [2.45, 2.75) is 36.6 Å². The predicted molar refractivity (Wildman–Crippen MR) is 98.7 cm³/mol. The molecule has 0 aliphatic carbocycles. The molecule has 9 heteroatoms. The van der Waals surface area contributed by atoms with Gasteiger partial charge in [-0.05, 0) is 44.5 Å². The summed E-state index contributed by atoms with van der Waals surface area (Å²) in [6.07, 6.45) is 2.92. The third kappa shape index (κ3) is 4.93. The van der Waals surface area contributed by atoms with Crippen molar-refractivity contribution in [2.24, 2.45) is 4.99 Å². The molecule has 3 N–H and O–H groups in total. The van der Waals surface area contributed by atoms with Crippen LogP contribution in [0.4, 0.5) is 0 Å². The summed E-state index contributed by atoms with van der Waals surface area (Å²) in [7, 11) is -3.49. The third-order valence-electron chi connectivity index (χ3n) is 4.20. The zero-order valence-corrected chi connectivity index (χ0v) is 15.5. The fourth-order valence-electron chi connectivity index (χ4n) is 2.95. The Hall–Kier alpha value is -1.64. The molecule has 138 valence electrons. The van der Waals surface area contributed by atoms with Gasteiger partial charge in [-0.3, -0.25) is 14.5 Å². The van der Waals surface area contributed by atoms with E-state index in [9.17, 15) is 13.2 Å². The number of nitrogens with zero attached hydrogens (tertiary/aromatic N) is 1. The van der Waals surface area contributed by atoms with E-state index in [-0.39, 0.29) is 29.3 Å². The fraction of sp³-hybridized carbons (Fsp3) is 0.500. The molecule has 0 radical (unpaired) electrons. The quantitative estimate of drug-likeness (QED) is 0.651. The summed E-state index contributed by atoms with van der Waals surface area (Å²) in [6, 6.07) is 7.02. The summed E-state index contributed by atoms with van der Waals surface area (Å²) in [4.78, 5) is 16.5. The predicted octanol–water partition coefficient (Wildman–Crippen LogP) is 0.795. The van der Waals surface area contributed by atoms with Gasteiger partial charge in [0, 0.05) is 24.6 Å². The Morgan fingerprint density at radius 3 is 2.72 bits per heavy atom. The van der Waals surface area contributed by atoms with Gasteiger partial charge in [0.05, 0.1) is 4.90 Å². The standard InChI is InChI=1S/C16H22N4O3S.ClH/c21-15(19-12-7-10-17-11-8-12)6-3-9-18-16-13-4-1-2-5-14(13)24(22,23)20-16;/h1-2,4-5,12,17H,3,6-11H2,(H,18,20)(H,19,21);1H. The number of piperidine rings is 1. The number of benzene rings is 1. The number of sulfonamides is 1. The Balaban J connectivity index is 0.00000225. The van der Waals surface area contributed by atoms with Gasteiger partial charge in [-0.1, -0.05) is 12.1 Å². The minimum atomic E-state index is -3.49. The van der Waals surface area contributed by atoms with Gasteiger partial charge in [0.25, 0.3) is 10.0 Å². The number of nitrogens with one attached hydrogen (secondary N) is 3. The van der Waals surface area contributed by atoms with Crippen LogP contribution >= 0.6 is 12.4 Å². The number of halogens is 1. The van der Waals surface area contributed by atoms with Crippen LogP contribution in [-0.4, -0.2) is 45.8 Å². The first-order valence-corrected chi connectivity index (χ1v) is 9.71. The van der Waals surface area contributed by atoms with E-state index in [0.717, 1.165) is 25.9 Å². The van der Waals surface area contributed by atoms with Crippen molar-refractivity contribution in [3.8, 4) is 0 Å². The van der Waals surface area contributed by atoms with Gasteiger partial charge in [0.15, 0.2) is 0 Å². The summed E-state index contributed by atoms with van der Waals surface area (Å²) in [6.45, 7) is 2.29. The highest BCUT2D eigenvalue weighted by Crippen LogP contribution is 2.22. The first kappa shape index (κ1) is 19.7. The maximum absolute atomic E-state index is 12.0. The van der Waals surface area contributed by atoms with Crippen molar-refractivity contribution in [3.05, 3.63) is 29.8 Å². The summed E-state index contributed by atoms with van der Waals surface area (Å²) < 4.78 is 26.4. The molecule has 3 rings (SSSR count). The number of carbonyl (C=O) groups excluding carboxylic acids is 1. The zero-order chi connectivity index (χ0) is 17.0. The Morgan fingerprint density at radius 1 is 1.24 bits per heavy atom. The summed E-state index contributed by atoms with van der Waals surface area (Å²) in [5.41, 5.74) is 0.594. The highest BCUT2D eigenvalue weighted by molar-refractivity contribution is 7.90. The van der Waals surface area contributed by atoms with Gasteiger partial charge in [-0.25, -0.2) is 8.42 Å². The van der Waals surface area contributed by atoms with E-state index in [4.69, 9.17) is 0 Å². The topological polar surface area (TPSA) is 99.7 Å². The first-order chi connectivity index (χ1) is 11.6. The van der Waals surface area contributed by atoms with Gasteiger partial charge >= 0.3 is 0 Å². The number of rotatable bonds is 5. The van der Waals surface area contributed by atoms with Crippen LogP contribution in [0.5, 0.6) is 0 Å². The van der Waals surface area contributed by atoms with Crippen LogP contribution in [0.1, 0.15) is 31.2 Å². The largest absolute Gasteiger partial charge is 0.353 e. The smallest absolute Gasteiger partial charge is 0.263 e. The van der Waals surface area contributed by atoms with Crippen LogP contribution in [-0.2, 0) is 14.8 Å². The van der Waals surface area contributed by atoms with E-state index in [1.165, 1.54) is 0 Å². The number of amidine groups is 1. The van der Waals surface area contributed by atoms with Crippen molar-refractivity contribution in [1.29, 1.82) is 0 Å². The number of amides is 1. The molecule has 0 spiro atoms. The molecule has 0 atom stereocenters. The first-order valence-electron chi connectivity index (χ1n) is 8.23. The second-order valence-electron chi connectivity index (χ2n) is 6.03. The van der Waals surface area contributed by atoms with Crippen molar-refractivity contribution in [1.82, 2.24) is 15.4 Å². The lowest BCUT2D eigenvalue weighted by Gasteiger charge is -2.23. The molecule has 1 saturated heterocycles. The van der Waals surface area contributed by atoms with E-state index in [1.54, 1.807) is 24.3 Å². The fourth-order valence-corrected chi connectivity index (χ4v) is 4.20. The highest BCUT2D eigenvalue weighted by atomic mass is 35.5. The maximum Gasteiger partial charge on any atom is 0.263 e. The molecule has 0 unspecified atom stereocenters. The molecule has 0 bridgehead atoms. The van der Waals surface area contributed by atoms with E-state index < -0.39 is 10.0 Å². The van der Waals surface area contributed by atoms with Crippen LogP contribution in [0, 0.1) is 0 Å². The summed E-state index contributed by atoms with van der Waals surface area (Å²) in [5, 5.41) is 6.30. The molecule has 25 heavy (non-hydrogen) atoms. The molecule has 1 aromatic rings. The number of hydrogen-bond acceptors (Lipinski definition) is 5. The summed E-state index contributed by atoms with van der Waals surface area (Å²) in [5.74, 6) is 0.402. The Bertz CT molecular complexity index is 746. The monoisotopic (exact) mass is 386 g/mol. The molecule has 2 aliphatic rings. The van der Waals surface area contributed by atoms with Crippen LogP contribution < -0.4 is 15.4 Å². The third-order valence-corrected chi connectivity index (χ3v) is 5.60. The SMILES string of the molecule is Cl.O=C(CCCN=C1NS(=O)(=O)c2ccccc21)NC1CCNCC1. The minimum absolute atomic E-state index is 0. The van der Waals surface area contributed by atoms with Crippen LogP contribution in [0.25, 0.3) is 0 Å². The normalized spacial score (nSPS) is 20.4. The Kier molecular flexibility index (Phi) is 6.80. The van der Waals surface area contributed by atoms with Crippen molar-refractivity contribution in [2.75, 3.05) is 19.6 Å². The molecule has 7 nitrogen and oxygen atoms in total. The van der Waals surface area contributed by atoms with E-state index in [0.29, 0.717) is 30.8 Å². The second kappa shape index (κ2) is 8.64. The molecule has 1 aromatic carbocycles. The lowest BCUT2D eigenvalue weighted by atomic mass is 10.1. The van der Waals surface area contributed by atoms with Gasteiger partial charge in [-0.2, -0.15) is 0 Å². The average Bonchev–Trinajstić information content (AvgIpc) is 2.84. The van der Waals surface area contributed by atoms with Crippen molar-refractivity contribution >= 4 is 34.2 Å². The van der Waals surface area contributed by atoms with Gasteiger partial charge < -0.3 is 10.6 Å². The van der Waals surface area contributed by atoms with E-state index in [2.05, 4.69) is 20.3 Å². The number of fused-ring (bicyclic) bond motifs is 1. The molecule has 2 aliphatic heterocycles.